The van der Waals surface area contributed by atoms with Crippen LogP contribution >= 0.6 is 11.8 Å². The van der Waals surface area contributed by atoms with Crippen molar-refractivity contribution >= 4 is 11.8 Å². The van der Waals surface area contributed by atoms with Crippen LogP contribution in [0.4, 0.5) is 0 Å². The molecule has 0 saturated heterocycles. The fraction of sp³-hybridized carbons (Fsp3) is 0.583. The molecule has 0 amide bonds. The average Bonchev–Trinajstić information content (AvgIpc) is 2.28. The quantitative estimate of drug-likeness (QED) is 0.721. The topological polar surface area (TPSA) is 24.9 Å². The molecule has 0 aliphatic carbocycles. The molecule has 0 bridgehead atoms. The van der Waals surface area contributed by atoms with Gasteiger partial charge in [0.2, 0.25) is 0 Å². The van der Waals surface area contributed by atoms with E-state index in [-0.39, 0.29) is 0 Å². The number of rotatable bonds is 7. The Bertz CT molecular complexity index is 251. The van der Waals surface area contributed by atoms with E-state index in [0.717, 1.165) is 17.3 Å². The van der Waals surface area contributed by atoms with Gasteiger partial charge in [0.15, 0.2) is 0 Å². The van der Waals surface area contributed by atoms with Gasteiger partial charge in [-0.1, -0.05) is 13.0 Å². The van der Waals surface area contributed by atoms with Gasteiger partial charge in [-0.2, -0.15) is 0 Å². The number of aromatic nitrogens is 1. The molecule has 1 rings (SSSR count). The summed E-state index contributed by atoms with van der Waals surface area (Å²) in [4.78, 5) is 4.28. The summed E-state index contributed by atoms with van der Waals surface area (Å²) in [6, 6.07) is 6.67. The molecule has 0 saturated carbocycles. The summed E-state index contributed by atoms with van der Waals surface area (Å²) < 4.78 is 0. The molecule has 0 aliphatic heterocycles. The van der Waals surface area contributed by atoms with Gasteiger partial charge in [0.1, 0.15) is 0 Å². The summed E-state index contributed by atoms with van der Waals surface area (Å²) >= 11 is 1.83. The first kappa shape index (κ1) is 12.5. The number of hydrogen-bond donors (Lipinski definition) is 1. The zero-order chi connectivity index (χ0) is 10.9. The Morgan fingerprint density at radius 3 is 3.00 bits per heavy atom. The van der Waals surface area contributed by atoms with Gasteiger partial charge in [0, 0.05) is 18.0 Å². The number of hydrogen-bond acceptors (Lipinski definition) is 3. The highest BCUT2D eigenvalue weighted by Crippen LogP contribution is 2.15. The lowest BCUT2D eigenvalue weighted by Crippen LogP contribution is -2.27. The summed E-state index contributed by atoms with van der Waals surface area (Å²) in [7, 11) is 0. The molecule has 1 unspecified atom stereocenters. The van der Waals surface area contributed by atoms with Crippen molar-refractivity contribution in [2.75, 3.05) is 12.3 Å². The maximum atomic E-state index is 4.28. The molecule has 0 aliphatic rings. The van der Waals surface area contributed by atoms with Crippen LogP contribution in [0.25, 0.3) is 0 Å². The zero-order valence-electron chi connectivity index (χ0n) is 9.57. The van der Waals surface area contributed by atoms with Crippen LogP contribution in [0.15, 0.2) is 29.4 Å². The molecule has 0 fully saturated rings. The first-order valence-electron chi connectivity index (χ1n) is 5.60. The fourth-order valence-electron chi connectivity index (χ4n) is 1.27. The summed E-state index contributed by atoms with van der Waals surface area (Å²) in [5, 5.41) is 4.61. The molecule has 2 nitrogen and oxygen atoms in total. The van der Waals surface area contributed by atoms with Crippen LogP contribution in [0.3, 0.4) is 0 Å². The first-order valence-corrected chi connectivity index (χ1v) is 6.58. The SMILES string of the molecule is CCCNC(C)CCSc1ccccn1. The summed E-state index contributed by atoms with van der Waals surface area (Å²) in [5.41, 5.74) is 0. The van der Waals surface area contributed by atoms with Crippen molar-refractivity contribution in [3.8, 4) is 0 Å². The largest absolute Gasteiger partial charge is 0.314 e. The predicted molar refractivity (Wildman–Crippen MR) is 67.3 cm³/mol. The van der Waals surface area contributed by atoms with Crippen LogP contribution in [0, 0.1) is 0 Å². The molecular weight excluding hydrogens is 204 g/mol. The van der Waals surface area contributed by atoms with Gasteiger partial charge in [0.05, 0.1) is 5.03 Å². The highest BCUT2D eigenvalue weighted by Gasteiger charge is 2.00. The van der Waals surface area contributed by atoms with E-state index >= 15 is 0 Å². The Labute approximate surface area is 96.9 Å². The highest BCUT2D eigenvalue weighted by molar-refractivity contribution is 7.99. The van der Waals surface area contributed by atoms with Crippen molar-refractivity contribution in [3.63, 3.8) is 0 Å². The van der Waals surface area contributed by atoms with Crippen molar-refractivity contribution in [2.24, 2.45) is 0 Å². The molecule has 0 radical (unpaired) electrons. The van der Waals surface area contributed by atoms with E-state index in [9.17, 15) is 0 Å². The van der Waals surface area contributed by atoms with Crippen molar-refractivity contribution in [2.45, 2.75) is 37.8 Å². The molecule has 3 heteroatoms. The molecular formula is C12H20N2S. The summed E-state index contributed by atoms with van der Waals surface area (Å²) in [5.74, 6) is 1.13. The number of nitrogens with one attached hydrogen (secondary N) is 1. The highest BCUT2D eigenvalue weighted by atomic mass is 32.2. The van der Waals surface area contributed by atoms with Crippen LogP contribution in [0.5, 0.6) is 0 Å². The third kappa shape index (κ3) is 5.80. The fourth-order valence-corrected chi connectivity index (χ4v) is 2.26. The second kappa shape index (κ2) is 7.71. The van der Waals surface area contributed by atoms with Crippen LogP contribution in [0.2, 0.25) is 0 Å². The lowest BCUT2D eigenvalue weighted by atomic mass is 10.2. The molecule has 1 N–H and O–H groups in total. The molecule has 0 aromatic carbocycles. The molecule has 84 valence electrons. The lowest BCUT2D eigenvalue weighted by Gasteiger charge is -2.12. The Kier molecular flexibility index (Phi) is 6.44. The normalized spacial score (nSPS) is 12.7. The molecule has 1 atom stereocenters. The van der Waals surface area contributed by atoms with Gasteiger partial charge in [-0.3, -0.25) is 0 Å². The summed E-state index contributed by atoms with van der Waals surface area (Å²) in [6.45, 7) is 5.56. The van der Waals surface area contributed by atoms with Gasteiger partial charge in [-0.05, 0) is 38.4 Å². The Morgan fingerprint density at radius 1 is 1.47 bits per heavy atom. The number of thioether (sulfide) groups is 1. The van der Waals surface area contributed by atoms with Crippen LogP contribution in [-0.4, -0.2) is 23.3 Å². The lowest BCUT2D eigenvalue weighted by molar-refractivity contribution is 0.536. The van der Waals surface area contributed by atoms with E-state index in [1.54, 1.807) is 0 Å². The minimum absolute atomic E-state index is 0.612. The molecule has 15 heavy (non-hydrogen) atoms. The molecule has 1 heterocycles. The second-order valence-electron chi connectivity index (χ2n) is 3.66. The van der Waals surface area contributed by atoms with Crippen molar-refractivity contribution in [3.05, 3.63) is 24.4 Å². The molecule has 1 aromatic rings. The van der Waals surface area contributed by atoms with E-state index < -0.39 is 0 Å². The van der Waals surface area contributed by atoms with E-state index in [1.807, 2.05) is 30.1 Å². The van der Waals surface area contributed by atoms with Gasteiger partial charge in [-0.15, -0.1) is 11.8 Å². The van der Waals surface area contributed by atoms with Crippen molar-refractivity contribution in [1.82, 2.24) is 10.3 Å². The Balaban J connectivity index is 2.11. The maximum Gasteiger partial charge on any atom is 0.0959 e. The minimum Gasteiger partial charge on any atom is -0.314 e. The molecule has 1 aromatic heterocycles. The third-order valence-electron chi connectivity index (χ3n) is 2.18. The average molecular weight is 224 g/mol. The van der Waals surface area contributed by atoms with Crippen LogP contribution in [0.1, 0.15) is 26.7 Å². The van der Waals surface area contributed by atoms with Gasteiger partial charge >= 0.3 is 0 Å². The predicted octanol–water partition coefficient (Wildman–Crippen LogP) is 2.95. The monoisotopic (exact) mass is 224 g/mol. The molecule has 0 spiro atoms. The van der Waals surface area contributed by atoms with E-state index in [0.29, 0.717) is 6.04 Å². The Morgan fingerprint density at radius 2 is 2.33 bits per heavy atom. The third-order valence-corrected chi connectivity index (χ3v) is 3.16. The van der Waals surface area contributed by atoms with E-state index in [2.05, 4.69) is 30.2 Å². The van der Waals surface area contributed by atoms with E-state index in [1.165, 1.54) is 12.8 Å². The zero-order valence-corrected chi connectivity index (χ0v) is 10.4. The van der Waals surface area contributed by atoms with Gasteiger partial charge in [0.25, 0.3) is 0 Å². The smallest absolute Gasteiger partial charge is 0.0959 e. The van der Waals surface area contributed by atoms with Crippen molar-refractivity contribution < 1.29 is 0 Å². The standard InChI is InChI=1S/C12H20N2S/c1-3-8-13-11(2)7-10-15-12-6-4-5-9-14-12/h4-6,9,11,13H,3,7-8,10H2,1-2H3. The second-order valence-corrected chi connectivity index (χ2v) is 4.78. The van der Waals surface area contributed by atoms with Crippen LogP contribution < -0.4 is 5.32 Å². The number of pyridine rings is 1. The van der Waals surface area contributed by atoms with Gasteiger partial charge in [-0.25, -0.2) is 4.98 Å². The van der Waals surface area contributed by atoms with Crippen molar-refractivity contribution in [1.29, 1.82) is 0 Å². The number of nitrogens with zero attached hydrogens (tertiary/aromatic N) is 1. The van der Waals surface area contributed by atoms with Crippen LogP contribution in [-0.2, 0) is 0 Å². The van der Waals surface area contributed by atoms with Gasteiger partial charge < -0.3 is 5.32 Å². The Hall–Kier alpha value is -0.540. The van der Waals surface area contributed by atoms with E-state index in [4.69, 9.17) is 0 Å². The minimum atomic E-state index is 0.612. The first-order chi connectivity index (χ1) is 7.33. The maximum absolute atomic E-state index is 4.28. The summed E-state index contributed by atoms with van der Waals surface area (Å²) in [6.07, 6.45) is 4.25.